The molecule has 0 radical (unpaired) electrons. The summed E-state index contributed by atoms with van der Waals surface area (Å²) >= 11 is 0. The number of fused-ring (bicyclic) bond motifs is 1. The SMILES string of the molecule is CCCc1cc2c(cc1NC(=O)C1C(C=C(C)C)C1(C)C)OCO2. The number of carbonyl (C=O) groups is 1. The molecule has 0 bridgehead atoms. The molecule has 24 heavy (non-hydrogen) atoms. The van der Waals surface area contributed by atoms with E-state index < -0.39 is 0 Å². The second kappa shape index (κ2) is 6.15. The first-order valence-corrected chi connectivity index (χ1v) is 8.73. The molecule has 1 fully saturated rings. The van der Waals surface area contributed by atoms with Gasteiger partial charge in [0, 0.05) is 11.8 Å². The molecule has 1 heterocycles. The fourth-order valence-electron chi connectivity index (χ4n) is 3.64. The van der Waals surface area contributed by atoms with Crippen molar-refractivity contribution in [2.45, 2.75) is 47.5 Å². The van der Waals surface area contributed by atoms with E-state index >= 15 is 0 Å². The molecule has 2 unspecified atom stereocenters. The summed E-state index contributed by atoms with van der Waals surface area (Å²) in [5.74, 6) is 1.91. The topological polar surface area (TPSA) is 47.6 Å². The Bertz CT molecular complexity index is 686. The van der Waals surface area contributed by atoms with Crippen molar-refractivity contribution in [3.05, 3.63) is 29.3 Å². The summed E-state index contributed by atoms with van der Waals surface area (Å²) in [4.78, 5) is 12.8. The largest absolute Gasteiger partial charge is 0.454 e. The molecule has 0 saturated heterocycles. The van der Waals surface area contributed by atoms with Crippen molar-refractivity contribution in [2.24, 2.45) is 17.3 Å². The maximum absolute atomic E-state index is 12.8. The standard InChI is InChI=1S/C20H27NO3/c1-6-7-13-9-16-17(24-11-23-16)10-15(13)21-19(22)18-14(8-12(2)3)20(18,4)5/h8-10,14,18H,6-7,11H2,1-5H3,(H,21,22). The van der Waals surface area contributed by atoms with Gasteiger partial charge in [0.1, 0.15) is 0 Å². The molecule has 1 amide bonds. The van der Waals surface area contributed by atoms with Crippen LogP contribution in [0.25, 0.3) is 0 Å². The second-order valence-electron chi connectivity index (χ2n) is 7.67. The Morgan fingerprint density at radius 2 is 1.96 bits per heavy atom. The third-order valence-electron chi connectivity index (χ3n) is 5.08. The number of carbonyl (C=O) groups excluding carboxylic acids is 1. The number of allylic oxidation sites excluding steroid dienone is 2. The highest BCUT2D eigenvalue weighted by Crippen LogP contribution is 2.59. The van der Waals surface area contributed by atoms with Crippen LogP contribution in [0.4, 0.5) is 5.69 Å². The molecule has 0 spiro atoms. The van der Waals surface area contributed by atoms with E-state index in [2.05, 4.69) is 46.0 Å². The number of nitrogens with one attached hydrogen (secondary N) is 1. The van der Waals surface area contributed by atoms with E-state index in [1.807, 2.05) is 12.1 Å². The van der Waals surface area contributed by atoms with E-state index in [1.54, 1.807) is 0 Å². The minimum atomic E-state index is 0.0165. The van der Waals surface area contributed by atoms with E-state index in [0.717, 1.165) is 29.8 Å². The predicted molar refractivity (Wildman–Crippen MR) is 95.4 cm³/mol. The minimum Gasteiger partial charge on any atom is -0.454 e. The summed E-state index contributed by atoms with van der Waals surface area (Å²) in [7, 11) is 0. The highest BCUT2D eigenvalue weighted by atomic mass is 16.7. The molecule has 130 valence electrons. The Balaban J connectivity index is 1.81. The maximum atomic E-state index is 12.8. The molecule has 3 rings (SSSR count). The monoisotopic (exact) mass is 329 g/mol. The summed E-state index contributed by atoms with van der Waals surface area (Å²) < 4.78 is 10.9. The first-order valence-electron chi connectivity index (χ1n) is 8.73. The molecule has 4 nitrogen and oxygen atoms in total. The van der Waals surface area contributed by atoms with Gasteiger partial charge in [-0.1, -0.05) is 38.8 Å². The van der Waals surface area contributed by atoms with Crippen molar-refractivity contribution in [1.82, 2.24) is 0 Å². The van der Waals surface area contributed by atoms with Crippen LogP contribution in [0.2, 0.25) is 0 Å². The number of hydrogen-bond donors (Lipinski definition) is 1. The quantitative estimate of drug-likeness (QED) is 0.807. The third kappa shape index (κ3) is 3.02. The molecular weight excluding hydrogens is 302 g/mol. The van der Waals surface area contributed by atoms with E-state index in [9.17, 15) is 4.79 Å². The van der Waals surface area contributed by atoms with Gasteiger partial charge >= 0.3 is 0 Å². The van der Waals surface area contributed by atoms with Crippen LogP contribution in [-0.2, 0) is 11.2 Å². The molecule has 1 aliphatic heterocycles. The van der Waals surface area contributed by atoms with Crippen molar-refractivity contribution in [1.29, 1.82) is 0 Å². The summed E-state index contributed by atoms with van der Waals surface area (Å²) in [5, 5.41) is 3.14. The maximum Gasteiger partial charge on any atom is 0.231 e. The van der Waals surface area contributed by atoms with Crippen molar-refractivity contribution < 1.29 is 14.3 Å². The molecule has 1 N–H and O–H groups in total. The Kier molecular flexibility index (Phi) is 4.33. The summed E-state index contributed by atoms with van der Waals surface area (Å²) in [6.45, 7) is 10.9. The molecule has 2 atom stereocenters. The number of hydrogen-bond acceptors (Lipinski definition) is 3. The van der Waals surface area contributed by atoms with Gasteiger partial charge in [-0.25, -0.2) is 0 Å². The summed E-state index contributed by atoms with van der Waals surface area (Å²) in [6, 6.07) is 3.89. The molecular formula is C20H27NO3. The number of anilines is 1. The number of ether oxygens (including phenoxy) is 2. The van der Waals surface area contributed by atoms with Gasteiger partial charge in [0.05, 0.1) is 5.92 Å². The molecule has 2 aliphatic rings. The lowest BCUT2D eigenvalue weighted by molar-refractivity contribution is -0.118. The van der Waals surface area contributed by atoms with Crippen molar-refractivity contribution in [3.63, 3.8) is 0 Å². The van der Waals surface area contributed by atoms with E-state index in [1.165, 1.54) is 5.57 Å². The number of aryl methyl sites for hydroxylation is 1. The first-order chi connectivity index (χ1) is 11.3. The van der Waals surface area contributed by atoms with Gasteiger partial charge in [0.15, 0.2) is 11.5 Å². The molecule has 1 aromatic carbocycles. The smallest absolute Gasteiger partial charge is 0.231 e. The van der Waals surface area contributed by atoms with Crippen LogP contribution in [0.1, 0.15) is 46.6 Å². The van der Waals surface area contributed by atoms with Gasteiger partial charge in [0.25, 0.3) is 0 Å². The Morgan fingerprint density at radius 3 is 2.58 bits per heavy atom. The highest BCUT2D eigenvalue weighted by Gasteiger charge is 2.60. The molecule has 1 saturated carbocycles. The van der Waals surface area contributed by atoms with Crippen LogP contribution >= 0.6 is 0 Å². The first kappa shape index (κ1) is 16.9. The average molecular weight is 329 g/mol. The van der Waals surface area contributed by atoms with Crippen molar-refractivity contribution in [3.8, 4) is 11.5 Å². The lowest BCUT2D eigenvalue weighted by Gasteiger charge is -2.12. The van der Waals surface area contributed by atoms with Gasteiger partial charge in [-0.2, -0.15) is 0 Å². The van der Waals surface area contributed by atoms with Gasteiger partial charge < -0.3 is 14.8 Å². The zero-order chi connectivity index (χ0) is 17.5. The zero-order valence-electron chi connectivity index (χ0n) is 15.2. The number of amides is 1. The predicted octanol–water partition coefficient (Wildman–Crippen LogP) is 4.54. The van der Waals surface area contributed by atoms with Gasteiger partial charge in [-0.15, -0.1) is 0 Å². The average Bonchev–Trinajstić information content (AvgIpc) is 2.83. The van der Waals surface area contributed by atoms with Gasteiger partial charge in [-0.05, 0) is 43.2 Å². The highest BCUT2D eigenvalue weighted by molar-refractivity contribution is 5.96. The van der Waals surface area contributed by atoms with Crippen molar-refractivity contribution >= 4 is 11.6 Å². The van der Waals surface area contributed by atoms with Crippen molar-refractivity contribution in [2.75, 3.05) is 12.1 Å². The van der Waals surface area contributed by atoms with Crippen LogP contribution in [0.5, 0.6) is 11.5 Å². The molecule has 4 heteroatoms. The zero-order valence-corrected chi connectivity index (χ0v) is 15.2. The number of benzene rings is 1. The molecule has 1 aromatic rings. The fraction of sp³-hybridized carbons (Fsp3) is 0.550. The van der Waals surface area contributed by atoms with E-state index in [-0.39, 0.29) is 24.0 Å². The van der Waals surface area contributed by atoms with Crippen LogP contribution in [0, 0.1) is 17.3 Å². The van der Waals surface area contributed by atoms with Crippen LogP contribution in [-0.4, -0.2) is 12.7 Å². The van der Waals surface area contributed by atoms with Crippen LogP contribution in [0.15, 0.2) is 23.8 Å². The lowest BCUT2D eigenvalue weighted by atomic mass is 10.1. The lowest BCUT2D eigenvalue weighted by Crippen LogP contribution is -2.18. The Morgan fingerprint density at radius 1 is 1.29 bits per heavy atom. The summed E-state index contributed by atoms with van der Waals surface area (Å²) in [5.41, 5.74) is 3.23. The fourth-order valence-corrected chi connectivity index (χ4v) is 3.64. The summed E-state index contributed by atoms with van der Waals surface area (Å²) in [6.07, 6.45) is 4.13. The van der Waals surface area contributed by atoms with Crippen LogP contribution in [0.3, 0.4) is 0 Å². The van der Waals surface area contributed by atoms with E-state index in [4.69, 9.17) is 9.47 Å². The Hall–Kier alpha value is -1.97. The Labute approximate surface area is 144 Å². The van der Waals surface area contributed by atoms with Gasteiger partial charge in [0.2, 0.25) is 12.7 Å². The number of rotatable bonds is 5. The second-order valence-corrected chi connectivity index (χ2v) is 7.67. The van der Waals surface area contributed by atoms with Gasteiger partial charge in [-0.3, -0.25) is 4.79 Å². The minimum absolute atomic E-state index is 0.0165. The third-order valence-corrected chi connectivity index (χ3v) is 5.08. The molecule has 1 aliphatic carbocycles. The van der Waals surface area contributed by atoms with E-state index in [0.29, 0.717) is 11.7 Å². The van der Waals surface area contributed by atoms with Crippen LogP contribution < -0.4 is 14.8 Å². The normalized spacial score (nSPS) is 22.9. The molecule has 0 aromatic heterocycles.